The summed E-state index contributed by atoms with van der Waals surface area (Å²) >= 11 is 0. The molecule has 0 saturated carbocycles. The Labute approximate surface area is 195 Å². The second-order valence-corrected chi connectivity index (χ2v) is 10.8. The maximum atomic E-state index is 13.6. The Balaban J connectivity index is 1.53. The number of nitrogens with zero attached hydrogens (tertiary/aromatic N) is 4. The van der Waals surface area contributed by atoms with Gasteiger partial charge in [0.15, 0.2) is 0 Å². The van der Waals surface area contributed by atoms with Gasteiger partial charge < -0.3 is 4.42 Å². The predicted molar refractivity (Wildman–Crippen MR) is 128 cm³/mol. The molecule has 1 N–H and O–H groups in total. The molecule has 2 atom stereocenters. The van der Waals surface area contributed by atoms with Crippen LogP contribution in [-0.4, -0.2) is 35.5 Å². The minimum absolute atomic E-state index is 0.139. The molecular formula is C25H20FN5O2S. The zero-order valence-corrected chi connectivity index (χ0v) is 18.8. The molecule has 4 heterocycles. The van der Waals surface area contributed by atoms with Crippen molar-refractivity contribution in [3.05, 3.63) is 79.0 Å². The first-order valence-electron chi connectivity index (χ1n) is 10.9. The van der Waals surface area contributed by atoms with E-state index in [-0.39, 0.29) is 17.6 Å². The van der Waals surface area contributed by atoms with Crippen LogP contribution in [0, 0.1) is 10.6 Å². The Morgan fingerprint density at radius 2 is 1.82 bits per heavy atom. The number of furan rings is 1. The summed E-state index contributed by atoms with van der Waals surface area (Å²) in [5.74, 6) is 0.970. The number of hydrogen-bond donors (Lipinski definition) is 1. The third-order valence-corrected chi connectivity index (χ3v) is 7.93. The predicted octanol–water partition coefficient (Wildman–Crippen LogP) is 5.55. The van der Waals surface area contributed by atoms with Crippen LogP contribution in [0.3, 0.4) is 0 Å². The topological polar surface area (TPSA) is 97.7 Å². The fourth-order valence-corrected chi connectivity index (χ4v) is 6.16. The Kier molecular flexibility index (Phi) is 4.80. The highest BCUT2D eigenvalue weighted by atomic mass is 32.2. The largest absolute Gasteiger partial charge is 0.438 e. The monoisotopic (exact) mass is 473 g/mol. The average molecular weight is 474 g/mol. The molecule has 6 rings (SSSR count). The maximum Gasteiger partial charge on any atom is 0.230 e. The van der Waals surface area contributed by atoms with E-state index in [1.165, 1.54) is 18.5 Å². The molecule has 9 heteroatoms. The lowest BCUT2D eigenvalue weighted by Gasteiger charge is -2.08. The molecule has 1 aliphatic heterocycles. The van der Waals surface area contributed by atoms with Crippen LogP contribution in [0.4, 0.5) is 4.39 Å². The third-order valence-electron chi connectivity index (χ3n) is 6.11. The lowest BCUT2D eigenvalue weighted by molar-refractivity contribution is 0.502. The van der Waals surface area contributed by atoms with Gasteiger partial charge in [0.2, 0.25) is 5.71 Å². The van der Waals surface area contributed by atoms with Gasteiger partial charge in [-0.15, -0.1) is 0 Å². The molecule has 34 heavy (non-hydrogen) atoms. The van der Waals surface area contributed by atoms with Gasteiger partial charge in [0.1, 0.15) is 23.6 Å². The highest BCUT2D eigenvalue weighted by molar-refractivity contribution is 7.92. The van der Waals surface area contributed by atoms with E-state index in [4.69, 9.17) is 14.3 Å². The Morgan fingerprint density at radius 1 is 1.03 bits per heavy atom. The number of nitrogens with one attached hydrogen (secondary N) is 1. The number of aromatic nitrogens is 4. The lowest BCUT2D eigenvalue weighted by Crippen LogP contribution is -2.11. The Hall–Kier alpha value is -3.85. The summed E-state index contributed by atoms with van der Waals surface area (Å²) in [6.07, 6.45) is 3.95. The molecule has 7 nitrogen and oxygen atoms in total. The molecule has 170 valence electrons. The van der Waals surface area contributed by atoms with Crippen molar-refractivity contribution in [2.75, 3.05) is 11.5 Å². The average Bonchev–Trinajstić information content (AvgIpc) is 3.56. The van der Waals surface area contributed by atoms with Crippen molar-refractivity contribution in [2.45, 2.75) is 12.5 Å². The quantitative estimate of drug-likeness (QED) is 0.369. The molecule has 0 bridgehead atoms. The molecule has 2 aromatic carbocycles. The zero-order chi connectivity index (χ0) is 23.3. The fraction of sp³-hybridized carbons (Fsp3) is 0.160. The second-order valence-electron chi connectivity index (χ2n) is 8.42. The summed E-state index contributed by atoms with van der Waals surface area (Å²) in [6.45, 7) is 0. The first kappa shape index (κ1) is 20.7. The van der Waals surface area contributed by atoms with Crippen LogP contribution in [0.1, 0.15) is 12.5 Å². The molecule has 0 amide bonds. The number of halogens is 1. The zero-order valence-electron chi connectivity index (χ0n) is 18.0. The van der Waals surface area contributed by atoms with Crippen molar-refractivity contribution in [2.24, 2.45) is 0 Å². The van der Waals surface area contributed by atoms with E-state index in [9.17, 15) is 8.60 Å². The minimum atomic E-state index is -2.60. The summed E-state index contributed by atoms with van der Waals surface area (Å²) in [6, 6.07) is 17.7. The summed E-state index contributed by atoms with van der Waals surface area (Å²) in [5, 5.41) is 5.54. The van der Waals surface area contributed by atoms with Crippen molar-refractivity contribution in [3.63, 3.8) is 0 Å². The standard InChI is InChI=1S/C25H20FN5O2S/c26-18-8-6-17(7-9-18)23-21(13-31(30-23)19-10-11-34(27,32)14-19)24-20-12-22(16-4-2-1-3-5-16)33-25(20)29-15-28-24/h1-9,12-13,15,19,27H,10-11,14H2/t19-,34-/m1/s1. The summed E-state index contributed by atoms with van der Waals surface area (Å²) in [7, 11) is -2.60. The third kappa shape index (κ3) is 3.67. The van der Waals surface area contributed by atoms with Gasteiger partial charge in [-0.05, 0) is 36.8 Å². The molecule has 0 spiro atoms. The molecule has 1 fully saturated rings. The number of benzene rings is 2. The van der Waals surface area contributed by atoms with Crippen LogP contribution < -0.4 is 0 Å². The summed E-state index contributed by atoms with van der Waals surface area (Å²) in [5.41, 5.74) is 4.13. The molecule has 3 aromatic heterocycles. The van der Waals surface area contributed by atoms with E-state index in [2.05, 4.69) is 9.97 Å². The van der Waals surface area contributed by atoms with E-state index < -0.39 is 9.73 Å². The fourth-order valence-electron chi connectivity index (χ4n) is 4.40. The van der Waals surface area contributed by atoms with Crippen LogP contribution in [0.15, 0.2) is 77.6 Å². The Bertz CT molecular complexity index is 1610. The summed E-state index contributed by atoms with van der Waals surface area (Å²) < 4.78 is 41.7. The van der Waals surface area contributed by atoms with Crippen LogP contribution in [0.2, 0.25) is 0 Å². The van der Waals surface area contributed by atoms with Crippen molar-refractivity contribution < 1.29 is 13.0 Å². The van der Waals surface area contributed by atoms with Gasteiger partial charge in [-0.25, -0.2) is 18.6 Å². The first-order chi connectivity index (χ1) is 16.5. The van der Waals surface area contributed by atoms with Gasteiger partial charge in [0, 0.05) is 38.4 Å². The van der Waals surface area contributed by atoms with Gasteiger partial charge in [-0.3, -0.25) is 9.46 Å². The number of hydrogen-bond acceptors (Lipinski definition) is 6. The van der Waals surface area contributed by atoms with Crippen LogP contribution in [0.5, 0.6) is 0 Å². The van der Waals surface area contributed by atoms with Gasteiger partial charge in [-0.2, -0.15) is 5.10 Å². The highest BCUT2D eigenvalue weighted by Gasteiger charge is 2.29. The van der Waals surface area contributed by atoms with E-state index in [1.54, 1.807) is 16.8 Å². The molecule has 0 aliphatic carbocycles. The van der Waals surface area contributed by atoms with Gasteiger partial charge in [-0.1, -0.05) is 30.3 Å². The normalized spacial score (nSPS) is 20.2. The summed E-state index contributed by atoms with van der Waals surface area (Å²) in [4.78, 5) is 8.88. The number of fused-ring (bicyclic) bond motifs is 1. The SMILES string of the molecule is N=[S@@]1(=O)CC[C@@H](n2cc(-c3ncnc4oc(-c5ccccc5)cc34)c(-c3ccc(F)cc3)n2)C1. The molecular weight excluding hydrogens is 453 g/mol. The number of rotatable bonds is 4. The first-order valence-corrected chi connectivity index (χ1v) is 12.8. The molecule has 1 saturated heterocycles. The highest BCUT2D eigenvalue weighted by Crippen LogP contribution is 2.38. The van der Waals surface area contributed by atoms with Crippen molar-refractivity contribution in [3.8, 4) is 33.8 Å². The van der Waals surface area contributed by atoms with Crippen molar-refractivity contribution >= 4 is 20.8 Å². The van der Waals surface area contributed by atoms with Gasteiger partial charge in [0.25, 0.3) is 0 Å². The van der Waals surface area contributed by atoms with E-state index in [0.29, 0.717) is 35.0 Å². The van der Waals surface area contributed by atoms with E-state index in [1.807, 2.05) is 42.6 Å². The van der Waals surface area contributed by atoms with Crippen LogP contribution in [-0.2, 0) is 9.73 Å². The molecule has 1 aliphatic rings. The van der Waals surface area contributed by atoms with Gasteiger partial charge in [0.05, 0.1) is 22.9 Å². The van der Waals surface area contributed by atoms with Crippen LogP contribution in [0.25, 0.3) is 44.9 Å². The molecule has 5 aromatic rings. The van der Waals surface area contributed by atoms with E-state index >= 15 is 0 Å². The second kappa shape index (κ2) is 7.88. The maximum absolute atomic E-state index is 13.6. The van der Waals surface area contributed by atoms with Gasteiger partial charge >= 0.3 is 0 Å². The molecule has 0 radical (unpaired) electrons. The molecule has 0 unspecified atom stereocenters. The van der Waals surface area contributed by atoms with Crippen molar-refractivity contribution in [1.29, 1.82) is 4.78 Å². The lowest BCUT2D eigenvalue weighted by atomic mass is 10.0. The van der Waals surface area contributed by atoms with E-state index in [0.717, 1.165) is 22.1 Å². The van der Waals surface area contributed by atoms with Crippen LogP contribution >= 0.6 is 0 Å². The Morgan fingerprint density at radius 3 is 2.56 bits per heavy atom. The van der Waals surface area contributed by atoms with Crippen molar-refractivity contribution in [1.82, 2.24) is 19.7 Å². The minimum Gasteiger partial charge on any atom is -0.438 e. The smallest absolute Gasteiger partial charge is 0.230 e.